The molecule has 0 radical (unpaired) electrons. The van der Waals surface area contributed by atoms with E-state index in [-0.39, 0.29) is 18.0 Å². The summed E-state index contributed by atoms with van der Waals surface area (Å²) in [4.78, 5) is 24.1. The molecule has 1 atom stereocenters. The number of ether oxygens (including phenoxy) is 1. The van der Waals surface area contributed by atoms with Crippen LogP contribution in [0.15, 0.2) is 0 Å². The van der Waals surface area contributed by atoms with Crippen LogP contribution in [-0.4, -0.2) is 56.7 Å². The summed E-state index contributed by atoms with van der Waals surface area (Å²) in [7, 11) is 3.35. The largest absolute Gasteiger partial charge is 0.465 e. The Labute approximate surface area is 103 Å². The highest BCUT2D eigenvalue weighted by atomic mass is 16.5. The van der Waals surface area contributed by atoms with Crippen molar-refractivity contribution in [2.45, 2.75) is 26.3 Å². The number of rotatable bonds is 7. The molecule has 0 aliphatic heterocycles. The molecule has 0 aliphatic carbocycles. The highest BCUT2D eigenvalue weighted by Crippen LogP contribution is 1.94. The predicted octanol–water partition coefficient (Wildman–Crippen LogP) is 0.189. The second kappa shape index (κ2) is 8.81. The SMILES string of the molecule is CCOC(=O)C(CC)NCCNC(=O)N(C)C. The summed E-state index contributed by atoms with van der Waals surface area (Å²) in [6.45, 7) is 5.09. The Morgan fingerprint density at radius 1 is 1.24 bits per heavy atom. The molecule has 6 heteroatoms. The van der Waals surface area contributed by atoms with Gasteiger partial charge in [0.05, 0.1) is 6.61 Å². The molecule has 0 aromatic carbocycles. The summed E-state index contributed by atoms with van der Waals surface area (Å²) in [5.41, 5.74) is 0. The van der Waals surface area contributed by atoms with E-state index in [9.17, 15) is 9.59 Å². The Bertz CT molecular complexity index is 244. The number of nitrogens with zero attached hydrogens (tertiary/aromatic N) is 1. The van der Waals surface area contributed by atoms with Gasteiger partial charge in [-0.05, 0) is 13.3 Å². The molecule has 100 valence electrons. The van der Waals surface area contributed by atoms with Gasteiger partial charge in [-0.1, -0.05) is 6.92 Å². The first-order valence-corrected chi connectivity index (χ1v) is 5.88. The fraction of sp³-hybridized carbons (Fsp3) is 0.818. The van der Waals surface area contributed by atoms with Crippen molar-refractivity contribution in [2.24, 2.45) is 0 Å². The van der Waals surface area contributed by atoms with Crippen LogP contribution in [0.4, 0.5) is 4.79 Å². The zero-order valence-corrected chi connectivity index (χ0v) is 11.1. The van der Waals surface area contributed by atoms with E-state index < -0.39 is 0 Å². The number of nitrogens with one attached hydrogen (secondary N) is 2. The topological polar surface area (TPSA) is 70.7 Å². The van der Waals surface area contributed by atoms with Crippen molar-refractivity contribution in [1.82, 2.24) is 15.5 Å². The van der Waals surface area contributed by atoms with Gasteiger partial charge in [0.1, 0.15) is 6.04 Å². The third-order valence-corrected chi connectivity index (χ3v) is 2.18. The number of urea groups is 1. The van der Waals surface area contributed by atoms with Crippen molar-refractivity contribution < 1.29 is 14.3 Å². The molecule has 0 bridgehead atoms. The van der Waals surface area contributed by atoms with E-state index in [1.165, 1.54) is 4.90 Å². The molecule has 0 aromatic heterocycles. The van der Waals surface area contributed by atoms with Crippen molar-refractivity contribution in [1.29, 1.82) is 0 Å². The van der Waals surface area contributed by atoms with Gasteiger partial charge in [-0.3, -0.25) is 4.79 Å². The van der Waals surface area contributed by atoms with Gasteiger partial charge in [0.15, 0.2) is 0 Å². The second-order valence-electron chi connectivity index (χ2n) is 3.79. The maximum absolute atomic E-state index is 11.4. The number of carbonyl (C=O) groups excluding carboxylic acids is 2. The van der Waals surface area contributed by atoms with Crippen LogP contribution in [0.3, 0.4) is 0 Å². The Balaban J connectivity index is 3.77. The number of amides is 2. The summed E-state index contributed by atoms with van der Waals surface area (Å²) >= 11 is 0. The fourth-order valence-electron chi connectivity index (χ4n) is 1.21. The van der Waals surface area contributed by atoms with Gasteiger partial charge in [0, 0.05) is 27.2 Å². The first-order valence-electron chi connectivity index (χ1n) is 5.88. The number of esters is 1. The van der Waals surface area contributed by atoms with Crippen LogP contribution >= 0.6 is 0 Å². The zero-order valence-electron chi connectivity index (χ0n) is 11.1. The van der Waals surface area contributed by atoms with Gasteiger partial charge < -0.3 is 20.3 Å². The van der Waals surface area contributed by atoms with Gasteiger partial charge in [0.25, 0.3) is 0 Å². The smallest absolute Gasteiger partial charge is 0.323 e. The average molecular weight is 245 g/mol. The molecule has 6 nitrogen and oxygen atoms in total. The Hall–Kier alpha value is -1.30. The summed E-state index contributed by atoms with van der Waals surface area (Å²) in [5.74, 6) is -0.242. The minimum Gasteiger partial charge on any atom is -0.465 e. The van der Waals surface area contributed by atoms with Crippen LogP contribution in [-0.2, 0) is 9.53 Å². The van der Waals surface area contributed by atoms with E-state index >= 15 is 0 Å². The van der Waals surface area contributed by atoms with E-state index in [1.807, 2.05) is 6.92 Å². The second-order valence-corrected chi connectivity index (χ2v) is 3.79. The van der Waals surface area contributed by atoms with Gasteiger partial charge in [-0.2, -0.15) is 0 Å². The Morgan fingerprint density at radius 2 is 1.88 bits per heavy atom. The summed E-state index contributed by atoms with van der Waals surface area (Å²) in [5, 5.41) is 5.75. The molecule has 17 heavy (non-hydrogen) atoms. The van der Waals surface area contributed by atoms with E-state index in [0.717, 1.165) is 0 Å². The molecular formula is C11H23N3O3. The maximum atomic E-state index is 11.4. The lowest BCUT2D eigenvalue weighted by Crippen LogP contribution is -2.43. The van der Waals surface area contributed by atoms with Crippen molar-refractivity contribution in [3.05, 3.63) is 0 Å². The number of hydrogen-bond acceptors (Lipinski definition) is 4. The van der Waals surface area contributed by atoms with Gasteiger partial charge in [-0.15, -0.1) is 0 Å². The van der Waals surface area contributed by atoms with E-state index in [2.05, 4.69) is 10.6 Å². The van der Waals surface area contributed by atoms with E-state index in [0.29, 0.717) is 26.1 Å². The molecule has 1 unspecified atom stereocenters. The monoisotopic (exact) mass is 245 g/mol. The van der Waals surface area contributed by atoms with Crippen LogP contribution in [0.25, 0.3) is 0 Å². The lowest BCUT2D eigenvalue weighted by molar-refractivity contribution is -0.145. The Morgan fingerprint density at radius 3 is 2.35 bits per heavy atom. The molecule has 0 spiro atoms. The number of carbonyl (C=O) groups is 2. The fourth-order valence-corrected chi connectivity index (χ4v) is 1.21. The summed E-state index contributed by atoms with van der Waals surface area (Å²) in [6.07, 6.45) is 0.667. The quantitative estimate of drug-likeness (QED) is 0.496. The lowest BCUT2D eigenvalue weighted by atomic mass is 10.2. The van der Waals surface area contributed by atoms with Gasteiger partial charge in [0.2, 0.25) is 0 Å². The van der Waals surface area contributed by atoms with Crippen LogP contribution < -0.4 is 10.6 Å². The van der Waals surface area contributed by atoms with Crippen molar-refractivity contribution in [3.8, 4) is 0 Å². The van der Waals surface area contributed by atoms with Crippen LogP contribution in [0.5, 0.6) is 0 Å². The summed E-state index contributed by atoms with van der Waals surface area (Å²) < 4.78 is 4.91. The highest BCUT2D eigenvalue weighted by Gasteiger charge is 2.16. The minimum atomic E-state index is -0.300. The molecule has 0 saturated carbocycles. The van der Waals surface area contributed by atoms with Gasteiger partial charge >= 0.3 is 12.0 Å². The molecule has 0 aliphatic rings. The van der Waals surface area contributed by atoms with Crippen LogP contribution in [0.2, 0.25) is 0 Å². The van der Waals surface area contributed by atoms with Crippen LogP contribution in [0, 0.1) is 0 Å². The molecule has 0 aromatic rings. The third-order valence-electron chi connectivity index (χ3n) is 2.18. The average Bonchev–Trinajstić information content (AvgIpc) is 2.28. The first-order chi connectivity index (χ1) is 8.02. The van der Waals surface area contributed by atoms with Crippen molar-refractivity contribution in [2.75, 3.05) is 33.8 Å². The van der Waals surface area contributed by atoms with Gasteiger partial charge in [-0.25, -0.2) is 4.79 Å². The lowest BCUT2D eigenvalue weighted by Gasteiger charge is -2.16. The molecule has 2 N–H and O–H groups in total. The minimum absolute atomic E-state index is 0.143. The van der Waals surface area contributed by atoms with Crippen LogP contribution in [0.1, 0.15) is 20.3 Å². The first kappa shape index (κ1) is 15.7. The van der Waals surface area contributed by atoms with Crippen molar-refractivity contribution >= 4 is 12.0 Å². The highest BCUT2D eigenvalue weighted by molar-refractivity contribution is 5.75. The molecule has 2 amide bonds. The zero-order chi connectivity index (χ0) is 13.3. The standard InChI is InChI=1S/C11H23N3O3/c1-5-9(10(15)17-6-2)12-7-8-13-11(16)14(3)4/h9,12H,5-8H2,1-4H3,(H,13,16). The van der Waals surface area contributed by atoms with E-state index in [1.54, 1.807) is 21.0 Å². The molecule has 0 heterocycles. The molecule has 0 rings (SSSR count). The summed E-state index contributed by atoms with van der Waals surface area (Å²) in [6, 6.07) is -0.442. The molecule has 0 fully saturated rings. The maximum Gasteiger partial charge on any atom is 0.323 e. The third kappa shape index (κ3) is 6.78. The normalized spacial score (nSPS) is 11.8. The van der Waals surface area contributed by atoms with E-state index in [4.69, 9.17) is 4.74 Å². The predicted molar refractivity (Wildman–Crippen MR) is 65.8 cm³/mol. The Kier molecular flexibility index (Phi) is 8.13. The molecule has 0 saturated heterocycles. The molecular weight excluding hydrogens is 222 g/mol. The number of hydrogen-bond donors (Lipinski definition) is 2. The van der Waals surface area contributed by atoms with Crippen molar-refractivity contribution in [3.63, 3.8) is 0 Å².